The topological polar surface area (TPSA) is 69.6 Å². The molecule has 5 nitrogen and oxygen atoms in total. The van der Waals surface area contributed by atoms with Gasteiger partial charge in [0.15, 0.2) is 0 Å². The number of anilines is 1. The molecule has 2 rings (SSSR count). The molecule has 0 atom stereocenters. The van der Waals surface area contributed by atoms with Crippen molar-refractivity contribution in [2.24, 2.45) is 0 Å². The van der Waals surface area contributed by atoms with E-state index in [1.165, 1.54) is 4.90 Å². The van der Waals surface area contributed by atoms with Gasteiger partial charge in [-0.25, -0.2) is 0 Å². The van der Waals surface area contributed by atoms with Gasteiger partial charge in [-0.1, -0.05) is 0 Å². The average molecular weight is 262 g/mol. The van der Waals surface area contributed by atoms with Gasteiger partial charge in [0, 0.05) is 31.4 Å². The summed E-state index contributed by atoms with van der Waals surface area (Å²) in [6, 6.07) is 5.62. The maximum Gasteiger partial charge on any atom is 0.305 e. The van der Waals surface area contributed by atoms with Crippen LogP contribution < -0.4 is 5.32 Å². The molecule has 0 radical (unpaired) electrons. The Balaban J connectivity index is 2.08. The van der Waals surface area contributed by atoms with E-state index >= 15 is 0 Å². The van der Waals surface area contributed by atoms with E-state index < -0.39 is 5.97 Å². The molecule has 1 aliphatic rings. The van der Waals surface area contributed by atoms with E-state index in [1.54, 1.807) is 13.1 Å². The standard InChI is InChI=1S/C14H18N2O3/c1-16(8-6-13(17)18)14(19)11-4-5-12-10(9-11)3-2-7-15-12/h4-5,9,15H,2-3,6-8H2,1H3,(H,17,18). The Kier molecular flexibility index (Phi) is 4.04. The Morgan fingerprint density at radius 2 is 2.21 bits per heavy atom. The molecule has 2 N–H and O–H groups in total. The van der Waals surface area contributed by atoms with Crippen LogP contribution in [0.5, 0.6) is 0 Å². The summed E-state index contributed by atoms with van der Waals surface area (Å²) >= 11 is 0. The van der Waals surface area contributed by atoms with E-state index in [0.717, 1.165) is 30.6 Å². The Hall–Kier alpha value is -2.04. The second-order valence-electron chi connectivity index (χ2n) is 4.77. The Morgan fingerprint density at radius 1 is 1.42 bits per heavy atom. The molecule has 0 spiro atoms. The lowest BCUT2D eigenvalue weighted by Gasteiger charge is -2.20. The molecule has 0 unspecified atom stereocenters. The highest BCUT2D eigenvalue weighted by Gasteiger charge is 2.16. The molecular weight excluding hydrogens is 244 g/mol. The lowest BCUT2D eigenvalue weighted by Crippen LogP contribution is -2.29. The molecule has 0 aliphatic carbocycles. The van der Waals surface area contributed by atoms with E-state index in [1.807, 2.05) is 12.1 Å². The fourth-order valence-electron chi connectivity index (χ4n) is 2.19. The van der Waals surface area contributed by atoms with Crippen LogP contribution in [0.25, 0.3) is 0 Å². The van der Waals surface area contributed by atoms with Crippen LogP contribution in [-0.2, 0) is 11.2 Å². The van der Waals surface area contributed by atoms with Crippen LogP contribution in [0.15, 0.2) is 18.2 Å². The predicted molar refractivity (Wildman–Crippen MR) is 72.5 cm³/mol. The molecule has 5 heteroatoms. The number of hydrogen-bond donors (Lipinski definition) is 2. The van der Waals surface area contributed by atoms with Gasteiger partial charge in [-0.05, 0) is 36.6 Å². The first kappa shape index (κ1) is 13.4. The third-order valence-corrected chi connectivity index (χ3v) is 3.30. The van der Waals surface area contributed by atoms with Gasteiger partial charge < -0.3 is 15.3 Å². The highest BCUT2D eigenvalue weighted by molar-refractivity contribution is 5.95. The van der Waals surface area contributed by atoms with Gasteiger partial charge in [0.1, 0.15) is 0 Å². The van der Waals surface area contributed by atoms with Gasteiger partial charge >= 0.3 is 5.97 Å². The number of fused-ring (bicyclic) bond motifs is 1. The van der Waals surface area contributed by atoms with Gasteiger partial charge in [0.25, 0.3) is 5.91 Å². The monoisotopic (exact) mass is 262 g/mol. The number of rotatable bonds is 4. The van der Waals surface area contributed by atoms with Gasteiger partial charge in [0.05, 0.1) is 6.42 Å². The second-order valence-corrected chi connectivity index (χ2v) is 4.77. The molecule has 0 aromatic heterocycles. The summed E-state index contributed by atoms with van der Waals surface area (Å²) in [5.41, 5.74) is 2.87. The van der Waals surface area contributed by atoms with E-state index in [2.05, 4.69) is 5.32 Å². The van der Waals surface area contributed by atoms with Gasteiger partial charge in [-0.3, -0.25) is 9.59 Å². The largest absolute Gasteiger partial charge is 0.481 e. The highest BCUT2D eigenvalue weighted by atomic mass is 16.4. The molecular formula is C14H18N2O3. The molecule has 1 aliphatic heterocycles. The van der Waals surface area contributed by atoms with E-state index in [4.69, 9.17) is 5.11 Å². The first-order valence-corrected chi connectivity index (χ1v) is 6.42. The van der Waals surface area contributed by atoms with E-state index in [-0.39, 0.29) is 18.9 Å². The van der Waals surface area contributed by atoms with Crippen LogP contribution in [-0.4, -0.2) is 42.0 Å². The zero-order chi connectivity index (χ0) is 13.8. The Labute approximate surface area is 112 Å². The van der Waals surface area contributed by atoms with Crippen molar-refractivity contribution in [1.82, 2.24) is 4.90 Å². The number of nitrogens with one attached hydrogen (secondary N) is 1. The predicted octanol–water partition coefficient (Wildman–Crippen LogP) is 1.59. The highest BCUT2D eigenvalue weighted by Crippen LogP contribution is 2.23. The minimum atomic E-state index is -0.894. The van der Waals surface area contributed by atoms with Crippen LogP contribution in [0.4, 0.5) is 5.69 Å². The lowest BCUT2D eigenvalue weighted by molar-refractivity contribution is -0.137. The van der Waals surface area contributed by atoms with Crippen molar-refractivity contribution in [3.05, 3.63) is 29.3 Å². The molecule has 0 saturated carbocycles. The van der Waals surface area contributed by atoms with Crippen molar-refractivity contribution in [3.8, 4) is 0 Å². The van der Waals surface area contributed by atoms with Gasteiger partial charge in [-0.2, -0.15) is 0 Å². The normalized spacial score (nSPS) is 13.3. The molecule has 1 aromatic rings. The van der Waals surface area contributed by atoms with Crippen LogP contribution in [0.2, 0.25) is 0 Å². The van der Waals surface area contributed by atoms with Gasteiger partial charge in [-0.15, -0.1) is 0 Å². The number of aliphatic carboxylic acids is 1. The number of hydrogen-bond acceptors (Lipinski definition) is 3. The van der Waals surface area contributed by atoms with Crippen LogP contribution in [0.1, 0.15) is 28.8 Å². The maximum absolute atomic E-state index is 12.2. The number of benzene rings is 1. The summed E-state index contributed by atoms with van der Waals surface area (Å²) in [5, 5.41) is 11.9. The summed E-state index contributed by atoms with van der Waals surface area (Å²) in [6.07, 6.45) is 2.01. The Morgan fingerprint density at radius 3 is 2.95 bits per heavy atom. The first-order chi connectivity index (χ1) is 9.08. The first-order valence-electron chi connectivity index (χ1n) is 6.42. The third-order valence-electron chi connectivity index (χ3n) is 3.30. The number of nitrogens with zero attached hydrogens (tertiary/aromatic N) is 1. The van der Waals surface area contributed by atoms with Gasteiger partial charge in [0.2, 0.25) is 0 Å². The summed E-state index contributed by atoms with van der Waals surface area (Å²) in [7, 11) is 1.63. The molecule has 1 amide bonds. The minimum Gasteiger partial charge on any atom is -0.481 e. The third kappa shape index (κ3) is 3.24. The second kappa shape index (κ2) is 5.73. The number of carboxylic acids is 1. The quantitative estimate of drug-likeness (QED) is 0.864. The molecule has 0 bridgehead atoms. The zero-order valence-corrected chi connectivity index (χ0v) is 11.0. The zero-order valence-electron chi connectivity index (χ0n) is 11.0. The number of amides is 1. The number of aryl methyl sites for hydroxylation is 1. The summed E-state index contributed by atoms with van der Waals surface area (Å²) < 4.78 is 0. The van der Waals surface area contributed by atoms with Crippen molar-refractivity contribution in [2.45, 2.75) is 19.3 Å². The van der Waals surface area contributed by atoms with E-state index in [9.17, 15) is 9.59 Å². The summed E-state index contributed by atoms with van der Waals surface area (Å²) in [6.45, 7) is 1.20. The van der Waals surface area contributed by atoms with Crippen LogP contribution >= 0.6 is 0 Å². The molecule has 102 valence electrons. The Bertz CT molecular complexity index is 499. The molecule has 19 heavy (non-hydrogen) atoms. The van der Waals surface area contributed by atoms with Crippen molar-refractivity contribution >= 4 is 17.6 Å². The fourth-order valence-corrected chi connectivity index (χ4v) is 2.19. The molecule has 1 heterocycles. The number of carboxylic acid groups (broad SMARTS) is 1. The average Bonchev–Trinajstić information content (AvgIpc) is 2.43. The maximum atomic E-state index is 12.2. The minimum absolute atomic E-state index is 0.0330. The SMILES string of the molecule is CN(CCC(=O)O)C(=O)c1ccc2c(c1)CCCN2. The molecule has 0 saturated heterocycles. The smallest absolute Gasteiger partial charge is 0.305 e. The van der Waals surface area contributed by atoms with Crippen LogP contribution in [0, 0.1) is 0 Å². The van der Waals surface area contributed by atoms with Crippen molar-refractivity contribution in [3.63, 3.8) is 0 Å². The molecule has 0 fully saturated rings. The summed E-state index contributed by atoms with van der Waals surface area (Å²) in [4.78, 5) is 24.1. The fraction of sp³-hybridized carbons (Fsp3) is 0.429. The van der Waals surface area contributed by atoms with Crippen molar-refractivity contribution in [1.29, 1.82) is 0 Å². The number of carbonyl (C=O) groups excluding carboxylic acids is 1. The van der Waals surface area contributed by atoms with Crippen LogP contribution in [0.3, 0.4) is 0 Å². The number of carbonyl (C=O) groups is 2. The van der Waals surface area contributed by atoms with Crippen molar-refractivity contribution < 1.29 is 14.7 Å². The lowest BCUT2D eigenvalue weighted by atomic mass is 10.0. The summed E-state index contributed by atoms with van der Waals surface area (Å²) in [5.74, 6) is -1.02. The molecule has 1 aromatic carbocycles. The van der Waals surface area contributed by atoms with E-state index in [0.29, 0.717) is 5.56 Å². The van der Waals surface area contributed by atoms with Crippen molar-refractivity contribution in [2.75, 3.05) is 25.5 Å².